The van der Waals surface area contributed by atoms with Gasteiger partial charge in [-0.05, 0) is 12.5 Å². The van der Waals surface area contributed by atoms with E-state index in [2.05, 4.69) is 52.2 Å². The average Bonchev–Trinajstić information content (AvgIpc) is 1.94. The van der Waals surface area contributed by atoms with Gasteiger partial charge in [0.05, 0.1) is 0 Å². The zero-order valence-corrected chi connectivity index (χ0v) is 7.71. The molecule has 2 heteroatoms. The Labute approximate surface area is 70.5 Å². The van der Waals surface area contributed by atoms with Crippen LogP contribution in [0.25, 0.3) is 0 Å². The predicted molar refractivity (Wildman–Crippen MR) is 48.0 cm³/mol. The largest absolute Gasteiger partial charge is 0.362 e. The van der Waals surface area contributed by atoms with Crippen LogP contribution in [0.15, 0.2) is 24.4 Å². The van der Waals surface area contributed by atoms with Gasteiger partial charge in [0.2, 0.25) is 0 Å². The number of allylic oxidation sites excluding steroid dienone is 2. The summed E-state index contributed by atoms with van der Waals surface area (Å²) in [6.45, 7) is 3.31. The Morgan fingerprint density at radius 1 is 1.50 bits per heavy atom. The lowest BCUT2D eigenvalue weighted by Gasteiger charge is -2.25. The van der Waals surface area contributed by atoms with Crippen molar-refractivity contribution in [2.45, 2.75) is 18.3 Å². The molecule has 0 saturated heterocycles. The first-order valence-electron chi connectivity index (χ1n) is 3.59. The van der Waals surface area contributed by atoms with Crippen molar-refractivity contribution in [3.63, 3.8) is 0 Å². The highest BCUT2D eigenvalue weighted by Gasteiger charge is 2.07. The summed E-state index contributed by atoms with van der Waals surface area (Å²) in [5.74, 6) is 0. The van der Waals surface area contributed by atoms with Crippen molar-refractivity contribution < 1.29 is 0 Å². The minimum Gasteiger partial charge on any atom is -0.362 e. The van der Waals surface area contributed by atoms with E-state index in [0.29, 0.717) is 4.95 Å². The Morgan fingerprint density at radius 2 is 2.30 bits per heavy atom. The van der Waals surface area contributed by atoms with E-state index in [1.54, 1.807) is 0 Å². The molecule has 1 rings (SSSR count). The van der Waals surface area contributed by atoms with Crippen molar-refractivity contribution in [2.24, 2.45) is 0 Å². The number of nitrogens with zero attached hydrogens (tertiary/aromatic N) is 1. The van der Waals surface area contributed by atoms with E-state index in [4.69, 9.17) is 0 Å². The van der Waals surface area contributed by atoms with Crippen LogP contribution in [0.3, 0.4) is 0 Å². The second-order valence-electron chi connectivity index (χ2n) is 2.34. The molecule has 1 unspecified atom stereocenters. The van der Waals surface area contributed by atoms with Gasteiger partial charge in [0.25, 0.3) is 0 Å². The Hall–Kier alpha value is -0.240. The van der Waals surface area contributed by atoms with Gasteiger partial charge in [-0.2, -0.15) is 0 Å². The summed E-state index contributed by atoms with van der Waals surface area (Å²) in [5.41, 5.74) is 0. The molecule has 0 bridgehead atoms. The summed E-state index contributed by atoms with van der Waals surface area (Å²) >= 11 is 3.54. The third-order valence-corrected chi connectivity index (χ3v) is 2.29. The quantitative estimate of drug-likeness (QED) is 0.491. The zero-order valence-electron chi connectivity index (χ0n) is 6.13. The van der Waals surface area contributed by atoms with Crippen LogP contribution < -0.4 is 0 Å². The smallest absolute Gasteiger partial charge is 0.103 e. The second-order valence-corrected chi connectivity index (χ2v) is 3.28. The number of alkyl halides is 1. The number of rotatable bonds is 2. The van der Waals surface area contributed by atoms with Crippen molar-refractivity contribution in [1.29, 1.82) is 0 Å². The van der Waals surface area contributed by atoms with Crippen LogP contribution in [0.2, 0.25) is 0 Å². The fourth-order valence-electron chi connectivity index (χ4n) is 0.965. The van der Waals surface area contributed by atoms with Crippen molar-refractivity contribution in [2.75, 3.05) is 6.54 Å². The third-order valence-electron chi connectivity index (χ3n) is 1.46. The van der Waals surface area contributed by atoms with E-state index < -0.39 is 0 Å². The molecule has 1 heterocycles. The molecule has 0 amide bonds. The van der Waals surface area contributed by atoms with Crippen LogP contribution in [0.1, 0.15) is 13.3 Å². The molecule has 1 aliphatic rings. The van der Waals surface area contributed by atoms with E-state index in [0.717, 1.165) is 6.54 Å². The molecule has 0 aromatic rings. The number of hydrogen-bond acceptors (Lipinski definition) is 1. The zero-order chi connectivity index (χ0) is 7.40. The maximum atomic E-state index is 3.54. The fourth-order valence-corrected chi connectivity index (χ4v) is 1.48. The Kier molecular flexibility index (Phi) is 3.00. The first-order valence-corrected chi connectivity index (χ1v) is 4.51. The van der Waals surface area contributed by atoms with E-state index >= 15 is 0 Å². The molecule has 0 radical (unpaired) electrons. The van der Waals surface area contributed by atoms with Crippen LogP contribution in [0.5, 0.6) is 0 Å². The van der Waals surface area contributed by atoms with E-state index in [-0.39, 0.29) is 0 Å². The summed E-state index contributed by atoms with van der Waals surface area (Å²) in [6, 6.07) is 0. The maximum absolute atomic E-state index is 3.54. The van der Waals surface area contributed by atoms with Crippen LogP contribution in [0.4, 0.5) is 0 Å². The molecule has 0 fully saturated rings. The van der Waals surface area contributed by atoms with Crippen LogP contribution >= 0.6 is 15.9 Å². The standard InChI is InChI=1S/C8H12BrN/c1-2-6-10-7-4-3-5-8(10)9/h3-5,7-8H,2,6H2,1H3. The summed E-state index contributed by atoms with van der Waals surface area (Å²) in [5, 5.41) is 0. The van der Waals surface area contributed by atoms with E-state index in [1.165, 1.54) is 6.42 Å². The Morgan fingerprint density at radius 3 is 2.90 bits per heavy atom. The van der Waals surface area contributed by atoms with Gasteiger partial charge in [-0.25, -0.2) is 0 Å². The topological polar surface area (TPSA) is 3.24 Å². The van der Waals surface area contributed by atoms with Crippen molar-refractivity contribution in [3.8, 4) is 0 Å². The SMILES string of the molecule is CCCN1C=CC=CC1Br. The van der Waals surface area contributed by atoms with Gasteiger partial charge in [0, 0.05) is 12.7 Å². The van der Waals surface area contributed by atoms with Gasteiger partial charge < -0.3 is 4.90 Å². The molecule has 1 aliphatic heterocycles. The van der Waals surface area contributed by atoms with E-state index in [1.807, 2.05) is 0 Å². The normalized spacial score (nSPS) is 23.8. The number of halogens is 1. The highest BCUT2D eigenvalue weighted by atomic mass is 79.9. The van der Waals surface area contributed by atoms with E-state index in [9.17, 15) is 0 Å². The lowest BCUT2D eigenvalue weighted by Crippen LogP contribution is -2.25. The average molecular weight is 202 g/mol. The fraction of sp³-hybridized carbons (Fsp3) is 0.500. The van der Waals surface area contributed by atoms with Crippen LogP contribution in [-0.4, -0.2) is 16.4 Å². The Bertz CT molecular complexity index is 151. The molecule has 10 heavy (non-hydrogen) atoms. The molecule has 1 nitrogen and oxygen atoms in total. The summed E-state index contributed by atoms with van der Waals surface area (Å²) < 4.78 is 0. The molecular weight excluding hydrogens is 190 g/mol. The van der Waals surface area contributed by atoms with Gasteiger partial charge in [-0.1, -0.05) is 35.0 Å². The molecular formula is C8H12BrN. The van der Waals surface area contributed by atoms with Gasteiger partial charge in [0.1, 0.15) is 4.95 Å². The lowest BCUT2D eigenvalue weighted by molar-refractivity contribution is 0.392. The predicted octanol–water partition coefficient (Wildman–Crippen LogP) is 2.50. The molecule has 56 valence electrons. The second kappa shape index (κ2) is 3.81. The summed E-state index contributed by atoms with van der Waals surface area (Å²) in [7, 11) is 0. The van der Waals surface area contributed by atoms with Gasteiger partial charge in [0.15, 0.2) is 0 Å². The molecule has 1 atom stereocenters. The third kappa shape index (κ3) is 1.87. The molecule has 0 saturated carbocycles. The van der Waals surface area contributed by atoms with Gasteiger partial charge in [-0.15, -0.1) is 0 Å². The van der Waals surface area contributed by atoms with Gasteiger partial charge >= 0.3 is 0 Å². The molecule has 0 aliphatic carbocycles. The Balaban J connectivity index is 2.44. The molecule has 0 aromatic carbocycles. The minimum atomic E-state index is 0.400. The highest BCUT2D eigenvalue weighted by molar-refractivity contribution is 9.09. The maximum Gasteiger partial charge on any atom is 0.103 e. The lowest BCUT2D eigenvalue weighted by atomic mass is 10.3. The molecule has 0 N–H and O–H groups in total. The van der Waals surface area contributed by atoms with Crippen molar-refractivity contribution in [1.82, 2.24) is 4.90 Å². The highest BCUT2D eigenvalue weighted by Crippen LogP contribution is 2.13. The van der Waals surface area contributed by atoms with Crippen molar-refractivity contribution >= 4 is 15.9 Å². The first-order chi connectivity index (χ1) is 4.84. The van der Waals surface area contributed by atoms with Crippen LogP contribution in [-0.2, 0) is 0 Å². The number of hydrogen-bond donors (Lipinski definition) is 0. The summed E-state index contributed by atoms with van der Waals surface area (Å²) in [4.78, 5) is 2.66. The first kappa shape index (κ1) is 7.86. The summed E-state index contributed by atoms with van der Waals surface area (Å²) in [6.07, 6.45) is 9.57. The van der Waals surface area contributed by atoms with Crippen LogP contribution in [0, 0.1) is 0 Å². The monoisotopic (exact) mass is 201 g/mol. The molecule has 0 aromatic heterocycles. The van der Waals surface area contributed by atoms with Gasteiger partial charge in [-0.3, -0.25) is 0 Å². The minimum absolute atomic E-state index is 0.400. The molecule has 0 spiro atoms. The van der Waals surface area contributed by atoms with Crippen molar-refractivity contribution in [3.05, 3.63) is 24.4 Å².